The van der Waals surface area contributed by atoms with Crippen LogP contribution in [-0.2, 0) is 0 Å². The van der Waals surface area contributed by atoms with E-state index in [2.05, 4.69) is 36.5 Å². The molecule has 6 nitrogen and oxygen atoms in total. The summed E-state index contributed by atoms with van der Waals surface area (Å²) >= 11 is 4.95. The highest BCUT2D eigenvalue weighted by atomic mass is 79.9. The third kappa shape index (κ3) is 3.29. The minimum atomic E-state index is 0.490. The van der Waals surface area contributed by atoms with Gasteiger partial charge in [-0.05, 0) is 39.7 Å². The normalized spacial score (nSPS) is 11.1. The lowest BCUT2D eigenvalue weighted by atomic mass is 10.2. The number of nitrogens with zero attached hydrogens (tertiary/aromatic N) is 4. The van der Waals surface area contributed by atoms with Gasteiger partial charge in [0, 0.05) is 22.2 Å². The van der Waals surface area contributed by atoms with Crippen LogP contribution in [0.4, 0.5) is 10.9 Å². The zero-order valence-corrected chi connectivity index (χ0v) is 13.2. The molecule has 8 heteroatoms. The van der Waals surface area contributed by atoms with Crippen molar-refractivity contribution in [2.75, 3.05) is 11.2 Å². The molecule has 3 aromatic rings. The minimum absolute atomic E-state index is 0.490. The highest BCUT2D eigenvalue weighted by molar-refractivity contribution is 9.10. The lowest BCUT2D eigenvalue weighted by Gasteiger charge is -2.05. The quantitative estimate of drug-likeness (QED) is 0.551. The molecule has 0 atom stereocenters. The van der Waals surface area contributed by atoms with Crippen LogP contribution < -0.4 is 11.2 Å². The van der Waals surface area contributed by atoms with Crippen molar-refractivity contribution in [1.29, 1.82) is 0 Å². The summed E-state index contributed by atoms with van der Waals surface area (Å²) in [6.45, 7) is 0. The molecule has 21 heavy (non-hydrogen) atoms. The molecular weight excluding hydrogens is 352 g/mol. The molecule has 0 unspecified atom stereocenters. The molecule has 0 bridgehead atoms. The van der Waals surface area contributed by atoms with Gasteiger partial charge < -0.3 is 5.73 Å². The predicted octanol–water partition coefficient (Wildman–Crippen LogP) is 3.12. The van der Waals surface area contributed by atoms with Crippen molar-refractivity contribution in [2.45, 2.75) is 0 Å². The Kier molecular flexibility index (Phi) is 3.98. The molecule has 0 saturated carbocycles. The molecular formula is C13H11BrN6S. The van der Waals surface area contributed by atoms with Crippen molar-refractivity contribution >= 4 is 44.4 Å². The van der Waals surface area contributed by atoms with Gasteiger partial charge in [-0.2, -0.15) is 10.2 Å². The maximum Gasteiger partial charge on any atom is 0.205 e. The van der Waals surface area contributed by atoms with Crippen molar-refractivity contribution < 1.29 is 0 Å². The summed E-state index contributed by atoms with van der Waals surface area (Å²) in [5.74, 6) is 0.490. The Hall–Kier alpha value is -2.19. The van der Waals surface area contributed by atoms with Crippen molar-refractivity contribution in [2.24, 2.45) is 5.10 Å². The van der Waals surface area contributed by atoms with E-state index in [1.165, 1.54) is 11.3 Å². The standard InChI is InChI=1S/C13H11BrN6S/c14-10-6-9(2-3-11(10)20-5-1-4-17-20)7-16-19-13-18-12(15)8-21-13/h1-8H,15H2,(H,18,19). The van der Waals surface area contributed by atoms with Gasteiger partial charge in [0.1, 0.15) is 5.82 Å². The first kappa shape index (κ1) is 13.8. The second-order valence-electron chi connectivity index (χ2n) is 4.11. The van der Waals surface area contributed by atoms with E-state index in [0.29, 0.717) is 10.9 Å². The maximum atomic E-state index is 5.54. The van der Waals surface area contributed by atoms with E-state index in [0.717, 1.165) is 15.7 Å². The summed E-state index contributed by atoms with van der Waals surface area (Å²) in [6.07, 6.45) is 5.35. The van der Waals surface area contributed by atoms with E-state index in [1.54, 1.807) is 22.5 Å². The van der Waals surface area contributed by atoms with E-state index < -0.39 is 0 Å². The average molecular weight is 363 g/mol. The highest BCUT2D eigenvalue weighted by Gasteiger charge is 2.03. The Morgan fingerprint density at radius 1 is 1.43 bits per heavy atom. The topological polar surface area (TPSA) is 81.1 Å². The second kappa shape index (κ2) is 6.06. The van der Waals surface area contributed by atoms with Gasteiger partial charge in [0.25, 0.3) is 0 Å². The van der Waals surface area contributed by atoms with Crippen molar-refractivity contribution in [3.8, 4) is 5.69 Å². The predicted molar refractivity (Wildman–Crippen MR) is 89.0 cm³/mol. The Labute approximate surface area is 133 Å². The molecule has 2 heterocycles. The number of halogens is 1. The number of benzene rings is 1. The Balaban J connectivity index is 1.73. The molecule has 0 amide bonds. The summed E-state index contributed by atoms with van der Waals surface area (Å²) < 4.78 is 2.73. The van der Waals surface area contributed by atoms with E-state index in [4.69, 9.17) is 5.73 Å². The van der Waals surface area contributed by atoms with Gasteiger partial charge in [-0.15, -0.1) is 11.3 Å². The second-order valence-corrected chi connectivity index (χ2v) is 5.82. The van der Waals surface area contributed by atoms with Gasteiger partial charge in [0.05, 0.1) is 11.9 Å². The number of nitrogens with two attached hydrogens (primary N) is 1. The number of thiazole rings is 1. The smallest absolute Gasteiger partial charge is 0.205 e. The first-order valence-corrected chi connectivity index (χ1v) is 7.69. The first-order valence-electron chi connectivity index (χ1n) is 6.02. The van der Waals surface area contributed by atoms with Gasteiger partial charge in [-0.1, -0.05) is 6.07 Å². The summed E-state index contributed by atoms with van der Waals surface area (Å²) in [6, 6.07) is 7.78. The molecule has 0 fully saturated rings. The summed E-state index contributed by atoms with van der Waals surface area (Å²) in [5, 5.41) is 10.8. The highest BCUT2D eigenvalue weighted by Crippen LogP contribution is 2.21. The fourth-order valence-corrected chi connectivity index (χ4v) is 2.83. The Bertz CT molecular complexity index is 765. The first-order chi connectivity index (χ1) is 10.2. The van der Waals surface area contributed by atoms with E-state index in [9.17, 15) is 0 Å². The van der Waals surface area contributed by atoms with Gasteiger partial charge >= 0.3 is 0 Å². The lowest BCUT2D eigenvalue weighted by molar-refractivity contribution is 0.876. The molecule has 2 aromatic heterocycles. The third-order valence-electron chi connectivity index (χ3n) is 2.62. The van der Waals surface area contributed by atoms with E-state index in [1.807, 2.05) is 30.5 Å². The van der Waals surface area contributed by atoms with Crippen molar-refractivity contribution in [3.63, 3.8) is 0 Å². The molecule has 0 aliphatic carbocycles. The molecule has 1 aromatic carbocycles. The average Bonchev–Trinajstić information content (AvgIpc) is 3.11. The SMILES string of the molecule is Nc1csc(NN=Cc2ccc(-n3cccn3)c(Br)c2)n1. The van der Waals surface area contributed by atoms with Gasteiger partial charge in [-0.3, -0.25) is 5.43 Å². The van der Waals surface area contributed by atoms with Crippen LogP contribution in [0.2, 0.25) is 0 Å². The van der Waals surface area contributed by atoms with Crippen molar-refractivity contribution in [1.82, 2.24) is 14.8 Å². The zero-order chi connectivity index (χ0) is 14.7. The fourth-order valence-electron chi connectivity index (χ4n) is 1.70. The van der Waals surface area contributed by atoms with Crippen LogP contribution in [0.5, 0.6) is 0 Å². The van der Waals surface area contributed by atoms with Crippen LogP contribution >= 0.6 is 27.3 Å². The summed E-state index contributed by atoms with van der Waals surface area (Å²) in [5.41, 5.74) is 10.3. The molecule has 0 saturated heterocycles. The lowest BCUT2D eigenvalue weighted by Crippen LogP contribution is -1.97. The Morgan fingerprint density at radius 2 is 2.33 bits per heavy atom. The Morgan fingerprint density at radius 3 is 3.00 bits per heavy atom. The molecule has 0 radical (unpaired) electrons. The zero-order valence-electron chi connectivity index (χ0n) is 10.8. The van der Waals surface area contributed by atoms with Gasteiger partial charge in [-0.25, -0.2) is 9.67 Å². The molecule has 0 aliphatic rings. The molecule has 3 N–H and O–H groups in total. The van der Waals surface area contributed by atoms with E-state index in [-0.39, 0.29) is 0 Å². The maximum absolute atomic E-state index is 5.54. The van der Waals surface area contributed by atoms with Crippen LogP contribution in [-0.4, -0.2) is 21.0 Å². The van der Waals surface area contributed by atoms with Gasteiger partial charge in [0.2, 0.25) is 5.13 Å². The number of hydrazone groups is 1. The summed E-state index contributed by atoms with van der Waals surface area (Å²) in [4.78, 5) is 4.06. The number of anilines is 2. The number of nitrogens with one attached hydrogen (secondary N) is 1. The number of nitrogen functional groups attached to an aromatic ring is 1. The molecule has 0 spiro atoms. The molecule has 106 valence electrons. The monoisotopic (exact) mass is 362 g/mol. The van der Waals surface area contributed by atoms with Crippen LogP contribution in [0.1, 0.15) is 5.56 Å². The van der Waals surface area contributed by atoms with Crippen LogP contribution in [0.25, 0.3) is 5.69 Å². The summed E-state index contributed by atoms with van der Waals surface area (Å²) in [7, 11) is 0. The largest absolute Gasteiger partial charge is 0.383 e. The number of hydrogen-bond donors (Lipinski definition) is 2. The van der Waals surface area contributed by atoms with Gasteiger partial charge in [0.15, 0.2) is 0 Å². The third-order valence-corrected chi connectivity index (χ3v) is 4.02. The van der Waals surface area contributed by atoms with Crippen LogP contribution in [0.15, 0.2) is 51.6 Å². The minimum Gasteiger partial charge on any atom is -0.383 e. The molecule has 3 rings (SSSR count). The van der Waals surface area contributed by atoms with Crippen LogP contribution in [0, 0.1) is 0 Å². The number of hydrogen-bond acceptors (Lipinski definition) is 6. The van der Waals surface area contributed by atoms with Crippen molar-refractivity contribution in [3.05, 3.63) is 52.1 Å². The molecule has 0 aliphatic heterocycles. The fraction of sp³-hybridized carbons (Fsp3) is 0. The van der Waals surface area contributed by atoms with E-state index >= 15 is 0 Å². The number of aromatic nitrogens is 3. The van der Waals surface area contributed by atoms with Crippen LogP contribution in [0.3, 0.4) is 0 Å². The number of rotatable bonds is 4.